The van der Waals surface area contributed by atoms with Gasteiger partial charge < -0.3 is 4.74 Å². The zero-order valence-electron chi connectivity index (χ0n) is 17.3. The average Bonchev–Trinajstić information content (AvgIpc) is 3.06. The summed E-state index contributed by atoms with van der Waals surface area (Å²) in [5.41, 5.74) is 4.84. The van der Waals surface area contributed by atoms with Crippen molar-refractivity contribution in [3.05, 3.63) is 74.7 Å². The zero-order chi connectivity index (χ0) is 24.0. The highest BCUT2D eigenvalue weighted by Crippen LogP contribution is 2.32. The number of hydrazine groups is 1. The van der Waals surface area contributed by atoms with Crippen molar-refractivity contribution in [3.63, 3.8) is 0 Å². The molecule has 0 aromatic heterocycles. The summed E-state index contributed by atoms with van der Waals surface area (Å²) in [6, 6.07) is 12.2. The van der Waals surface area contributed by atoms with E-state index in [1.807, 2.05) is 6.92 Å². The molecule has 3 amide bonds. The number of thiocarbonyl (C=S) groups is 1. The molecule has 1 aliphatic heterocycles. The van der Waals surface area contributed by atoms with E-state index in [1.54, 1.807) is 30.3 Å². The van der Waals surface area contributed by atoms with E-state index in [0.29, 0.717) is 17.3 Å². The van der Waals surface area contributed by atoms with Gasteiger partial charge in [0.1, 0.15) is 16.6 Å². The number of hydrogen-bond donors (Lipinski definition) is 2. The average molecular weight is 487 g/mol. The second-order valence-electron chi connectivity index (χ2n) is 6.58. The van der Waals surface area contributed by atoms with Crippen molar-refractivity contribution in [1.82, 2.24) is 15.8 Å². The molecule has 1 fully saturated rings. The molecule has 2 aromatic rings. The van der Waals surface area contributed by atoms with Crippen LogP contribution in [0.2, 0.25) is 0 Å². The topological polar surface area (TPSA) is 131 Å². The summed E-state index contributed by atoms with van der Waals surface area (Å²) in [7, 11) is 0. The van der Waals surface area contributed by atoms with Crippen LogP contribution in [0.5, 0.6) is 5.75 Å². The number of hydrogen-bond acceptors (Lipinski definition) is 8. The van der Waals surface area contributed by atoms with Gasteiger partial charge in [-0.15, -0.1) is 0 Å². The Hall–Kier alpha value is -3.77. The van der Waals surface area contributed by atoms with Crippen LogP contribution in [0.4, 0.5) is 5.69 Å². The smallest absolute Gasteiger partial charge is 0.270 e. The molecule has 0 unspecified atom stereocenters. The molecule has 3 rings (SSSR count). The van der Waals surface area contributed by atoms with Crippen molar-refractivity contribution < 1.29 is 24.0 Å². The molecule has 1 saturated heterocycles. The molecule has 0 radical (unpaired) electrons. The van der Waals surface area contributed by atoms with Gasteiger partial charge in [0.05, 0.1) is 16.4 Å². The molecule has 1 heterocycles. The molecule has 0 aliphatic carbocycles. The predicted octanol–water partition coefficient (Wildman–Crippen LogP) is 2.66. The molecule has 0 spiro atoms. The van der Waals surface area contributed by atoms with Crippen LogP contribution in [0.15, 0.2) is 53.4 Å². The first-order chi connectivity index (χ1) is 15.8. The normalized spacial score (nSPS) is 14.3. The highest BCUT2D eigenvalue weighted by atomic mass is 32.2. The molecule has 10 nitrogen and oxygen atoms in total. The molecule has 170 valence electrons. The molecule has 0 atom stereocenters. The number of nitro groups is 1. The van der Waals surface area contributed by atoms with Gasteiger partial charge in [-0.1, -0.05) is 42.2 Å². The van der Waals surface area contributed by atoms with E-state index in [0.717, 1.165) is 28.3 Å². The first-order valence-corrected chi connectivity index (χ1v) is 10.8. The summed E-state index contributed by atoms with van der Waals surface area (Å²) in [4.78, 5) is 48.7. The van der Waals surface area contributed by atoms with Gasteiger partial charge in [0, 0.05) is 17.7 Å². The summed E-state index contributed by atoms with van der Waals surface area (Å²) in [6.45, 7) is 2.03. The fraction of sp³-hybridized carbons (Fsp3) is 0.143. The maximum atomic E-state index is 12.7. The third-order valence-corrected chi connectivity index (χ3v) is 5.68. The quantitative estimate of drug-likeness (QED) is 0.264. The Balaban J connectivity index is 1.58. The molecule has 0 saturated carbocycles. The standard InChI is InChI=1S/C21H18N4O6S2/c1-2-31-16-8-6-13(7-9-16)10-17-20(28)24(21(32)33-17)12-18(26)22-23-19(27)14-4-3-5-15(11-14)25(29)30/h3-11H,2,12H2,1H3,(H,22,26)(H,23,27)/b17-10-. The van der Waals surface area contributed by atoms with Crippen LogP contribution in [0.3, 0.4) is 0 Å². The third-order valence-electron chi connectivity index (χ3n) is 4.30. The fourth-order valence-corrected chi connectivity index (χ4v) is 4.01. The Morgan fingerprint density at radius 3 is 2.61 bits per heavy atom. The number of nitrogens with one attached hydrogen (secondary N) is 2. The van der Waals surface area contributed by atoms with Crippen LogP contribution in [0.1, 0.15) is 22.8 Å². The Morgan fingerprint density at radius 2 is 1.94 bits per heavy atom. The molecular formula is C21H18N4O6S2. The van der Waals surface area contributed by atoms with E-state index >= 15 is 0 Å². The lowest BCUT2D eigenvalue weighted by molar-refractivity contribution is -0.384. The Labute approximate surface area is 198 Å². The van der Waals surface area contributed by atoms with Crippen molar-refractivity contribution in [2.24, 2.45) is 0 Å². The lowest BCUT2D eigenvalue weighted by Crippen LogP contribution is -2.47. The number of non-ortho nitro benzene ring substituents is 1. The number of nitro benzene ring substituents is 1. The number of carbonyl (C=O) groups is 3. The van der Waals surface area contributed by atoms with E-state index in [1.165, 1.54) is 18.2 Å². The monoisotopic (exact) mass is 486 g/mol. The van der Waals surface area contributed by atoms with E-state index in [-0.39, 0.29) is 15.6 Å². The van der Waals surface area contributed by atoms with Gasteiger partial charge in [0.2, 0.25) is 0 Å². The summed E-state index contributed by atoms with van der Waals surface area (Å²) in [6.07, 6.45) is 1.66. The maximum Gasteiger partial charge on any atom is 0.270 e. The second-order valence-corrected chi connectivity index (χ2v) is 8.26. The Morgan fingerprint density at radius 1 is 1.21 bits per heavy atom. The lowest BCUT2D eigenvalue weighted by Gasteiger charge is -2.14. The van der Waals surface area contributed by atoms with E-state index in [4.69, 9.17) is 17.0 Å². The molecular weight excluding hydrogens is 468 g/mol. The van der Waals surface area contributed by atoms with Crippen LogP contribution in [-0.4, -0.2) is 45.0 Å². The van der Waals surface area contributed by atoms with Gasteiger partial charge >= 0.3 is 0 Å². The van der Waals surface area contributed by atoms with Gasteiger partial charge in [-0.2, -0.15) is 0 Å². The van der Waals surface area contributed by atoms with E-state index in [2.05, 4.69) is 10.9 Å². The van der Waals surface area contributed by atoms with Gasteiger partial charge in [-0.3, -0.25) is 40.2 Å². The fourth-order valence-electron chi connectivity index (χ4n) is 2.76. The van der Waals surface area contributed by atoms with Crippen molar-refractivity contribution in [2.45, 2.75) is 6.92 Å². The molecule has 1 aliphatic rings. The SMILES string of the molecule is CCOc1ccc(/C=C2\SC(=S)N(CC(=O)NNC(=O)c3cccc([N+](=O)[O-])c3)C2=O)cc1. The minimum atomic E-state index is -0.743. The van der Waals surface area contributed by atoms with Crippen LogP contribution in [-0.2, 0) is 9.59 Å². The molecule has 2 aromatic carbocycles. The predicted molar refractivity (Wildman–Crippen MR) is 126 cm³/mol. The van der Waals surface area contributed by atoms with Crippen molar-refractivity contribution >= 4 is 57.8 Å². The highest BCUT2D eigenvalue weighted by molar-refractivity contribution is 8.26. The summed E-state index contributed by atoms with van der Waals surface area (Å²) in [5, 5.41) is 10.8. The largest absolute Gasteiger partial charge is 0.494 e. The van der Waals surface area contributed by atoms with Crippen molar-refractivity contribution in [2.75, 3.05) is 13.2 Å². The second kappa shape index (κ2) is 10.7. The van der Waals surface area contributed by atoms with Crippen molar-refractivity contribution in [3.8, 4) is 5.75 Å². The van der Waals surface area contributed by atoms with Gasteiger partial charge in [0.15, 0.2) is 0 Å². The number of amides is 3. The number of rotatable bonds is 7. The number of thioether (sulfide) groups is 1. The van der Waals surface area contributed by atoms with Crippen LogP contribution >= 0.6 is 24.0 Å². The third kappa shape index (κ3) is 6.14. The summed E-state index contributed by atoms with van der Waals surface area (Å²) >= 11 is 6.28. The number of carbonyl (C=O) groups excluding carboxylic acids is 3. The van der Waals surface area contributed by atoms with Gasteiger partial charge in [-0.25, -0.2) is 0 Å². The summed E-state index contributed by atoms with van der Waals surface area (Å²) < 4.78 is 5.59. The van der Waals surface area contributed by atoms with E-state index in [9.17, 15) is 24.5 Å². The van der Waals surface area contributed by atoms with Gasteiger partial charge in [0.25, 0.3) is 23.4 Å². The summed E-state index contributed by atoms with van der Waals surface area (Å²) in [5.74, 6) is -1.15. The number of benzene rings is 2. The maximum absolute atomic E-state index is 12.7. The van der Waals surface area contributed by atoms with Crippen LogP contribution < -0.4 is 15.6 Å². The Kier molecular flexibility index (Phi) is 7.74. The Bertz CT molecular complexity index is 1150. The van der Waals surface area contributed by atoms with Gasteiger partial charge in [-0.05, 0) is 36.8 Å². The zero-order valence-corrected chi connectivity index (χ0v) is 18.9. The molecule has 2 N–H and O–H groups in total. The molecule has 12 heteroatoms. The minimum Gasteiger partial charge on any atom is -0.494 e. The minimum absolute atomic E-state index is 0.00611. The lowest BCUT2D eigenvalue weighted by atomic mass is 10.2. The number of nitrogens with zero attached hydrogens (tertiary/aromatic N) is 2. The molecule has 0 bridgehead atoms. The van der Waals surface area contributed by atoms with E-state index < -0.39 is 29.2 Å². The first kappa shape index (κ1) is 23.9. The first-order valence-electron chi connectivity index (χ1n) is 9.60. The molecule has 33 heavy (non-hydrogen) atoms. The van der Waals surface area contributed by atoms with Crippen LogP contribution in [0.25, 0.3) is 6.08 Å². The highest BCUT2D eigenvalue weighted by Gasteiger charge is 2.33. The van der Waals surface area contributed by atoms with Crippen LogP contribution in [0, 0.1) is 10.1 Å². The number of ether oxygens (including phenoxy) is 1. The van der Waals surface area contributed by atoms with Crippen molar-refractivity contribution in [1.29, 1.82) is 0 Å².